The van der Waals surface area contributed by atoms with Crippen molar-refractivity contribution in [1.29, 1.82) is 5.26 Å². The highest BCUT2D eigenvalue weighted by Gasteiger charge is 2.15. The standard InChI is InChI=1S/C24H22N6O2/c1-4-17-6-5-7-22(30-24(31)29(3)27-28-30)21(17)15-32-23-11-9-18(12-16(23)2)19-8-10-20(13-25)26-14-19/h5-12,14H,4,15H2,1-3H3. The average molecular weight is 426 g/mol. The van der Waals surface area contributed by atoms with E-state index in [4.69, 9.17) is 10.00 Å². The number of rotatable bonds is 6. The number of benzene rings is 2. The van der Waals surface area contributed by atoms with Gasteiger partial charge in [0, 0.05) is 24.4 Å². The Balaban J connectivity index is 1.62. The van der Waals surface area contributed by atoms with Crippen LogP contribution in [0.2, 0.25) is 0 Å². The van der Waals surface area contributed by atoms with E-state index in [0.29, 0.717) is 18.0 Å². The van der Waals surface area contributed by atoms with Crippen molar-refractivity contribution in [1.82, 2.24) is 24.8 Å². The van der Waals surface area contributed by atoms with Crippen LogP contribution in [0.3, 0.4) is 0 Å². The molecular formula is C24H22N6O2. The van der Waals surface area contributed by atoms with Gasteiger partial charge >= 0.3 is 5.69 Å². The van der Waals surface area contributed by atoms with Crippen molar-refractivity contribution in [3.05, 3.63) is 87.6 Å². The van der Waals surface area contributed by atoms with Crippen LogP contribution in [0.25, 0.3) is 16.8 Å². The molecule has 0 atom stereocenters. The minimum absolute atomic E-state index is 0.293. The fourth-order valence-electron chi connectivity index (χ4n) is 3.55. The zero-order valence-electron chi connectivity index (χ0n) is 18.1. The van der Waals surface area contributed by atoms with E-state index in [9.17, 15) is 4.79 Å². The lowest BCUT2D eigenvalue weighted by molar-refractivity contribution is 0.302. The molecule has 32 heavy (non-hydrogen) atoms. The first-order valence-corrected chi connectivity index (χ1v) is 10.2. The van der Waals surface area contributed by atoms with Crippen LogP contribution in [-0.2, 0) is 20.1 Å². The molecule has 0 amide bonds. The van der Waals surface area contributed by atoms with E-state index in [1.165, 1.54) is 9.36 Å². The van der Waals surface area contributed by atoms with Crippen molar-refractivity contribution < 1.29 is 4.74 Å². The molecule has 0 saturated heterocycles. The maximum atomic E-state index is 12.4. The van der Waals surface area contributed by atoms with Gasteiger partial charge in [0.25, 0.3) is 0 Å². The van der Waals surface area contributed by atoms with E-state index in [0.717, 1.165) is 40.0 Å². The molecule has 2 heterocycles. The molecule has 2 aromatic carbocycles. The molecule has 0 aliphatic rings. The highest BCUT2D eigenvalue weighted by Crippen LogP contribution is 2.28. The summed E-state index contributed by atoms with van der Waals surface area (Å²) in [4.78, 5) is 16.5. The molecule has 8 nitrogen and oxygen atoms in total. The van der Waals surface area contributed by atoms with Crippen molar-refractivity contribution in [3.8, 4) is 28.6 Å². The third kappa shape index (κ3) is 4.01. The Hall–Kier alpha value is -4.25. The summed E-state index contributed by atoms with van der Waals surface area (Å²) in [6, 6.07) is 17.3. The number of hydrogen-bond donors (Lipinski definition) is 0. The summed E-state index contributed by atoms with van der Waals surface area (Å²) >= 11 is 0. The quantitative estimate of drug-likeness (QED) is 0.469. The number of pyridine rings is 1. The maximum Gasteiger partial charge on any atom is 0.368 e. The first-order valence-electron chi connectivity index (χ1n) is 10.2. The van der Waals surface area contributed by atoms with Gasteiger partial charge in [-0.3, -0.25) is 0 Å². The van der Waals surface area contributed by atoms with E-state index in [-0.39, 0.29) is 5.69 Å². The number of hydrogen-bond acceptors (Lipinski definition) is 6. The molecule has 2 aromatic heterocycles. The van der Waals surface area contributed by atoms with Crippen LogP contribution >= 0.6 is 0 Å². The van der Waals surface area contributed by atoms with Gasteiger partial charge in [0.05, 0.1) is 5.69 Å². The van der Waals surface area contributed by atoms with Crippen LogP contribution < -0.4 is 10.4 Å². The first kappa shape index (κ1) is 21.0. The zero-order chi connectivity index (χ0) is 22.7. The molecule has 0 spiro atoms. The number of aromatic nitrogens is 5. The smallest absolute Gasteiger partial charge is 0.368 e. The normalized spacial score (nSPS) is 10.7. The first-order chi connectivity index (χ1) is 15.5. The van der Waals surface area contributed by atoms with Gasteiger partial charge < -0.3 is 4.74 Å². The third-order valence-corrected chi connectivity index (χ3v) is 5.34. The topological polar surface area (TPSA) is 98.6 Å². The Labute approximate surface area is 185 Å². The van der Waals surface area contributed by atoms with Crippen LogP contribution in [0, 0.1) is 18.3 Å². The summed E-state index contributed by atoms with van der Waals surface area (Å²) in [7, 11) is 1.57. The Morgan fingerprint density at radius 2 is 1.91 bits per heavy atom. The van der Waals surface area contributed by atoms with Crippen molar-refractivity contribution in [2.24, 2.45) is 7.05 Å². The fourth-order valence-corrected chi connectivity index (χ4v) is 3.55. The van der Waals surface area contributed by atoms with Crippen molar-refractivity contribution in [2.75, 3.05) is 0 Å². The van der Waals surface area contributed by atoms with Crippen molar-refractivity contribution >= 4 is 0 Å². The van der Waals surface area contributed by atoms with Crippen LogP contribution in [-0.4, -0.2) is 24.8 Å². The van der Waals surface area contributed by atoms with Crippen LogP contribution in [0.15, 0.2) is 59.5 Å². The van der Waals surface area contributed by atoms with E-state index in [2.05, 4.69) is 22.3 Å². The predicted octanol–water partition coefficient (Wildman–Crippen LogP) is 3.35. The molecule has 0 bridgehead atoms. The summed E-state index contributed by atoms with van der Waals surface area (Å²) in [6.07, 6.45) is 2.49. The lowest BCUT2D eigenvalue weighted by Gasteiger charge is -2.16. The summed E-state index contributed by atoms with van der Waals surface area (Å²) in [5, 5.41) is 16.7. The van der Waals surface area contributed by atoms with Crippen LogP contribution in [0.5, 0.6) is 5.75 Å². The lowest BCUT2D eigenvalue weighted by Crippen LogP contribution is -2.23. The molecule has 0 N–H and O–H groups in total. The maximum absolute atomic E-state index is 12.4. The second-order valence-electron chi connectivity index (χ2n) is 7.38. The van der Waals surface area contributed by atoms with Gasteiger partial charge in [-0.25, -0.2) is 9.78 Å². The summed E-state index contributed by atoms with van der Waals surface area (Å²) in [5.74, 6) is 0.749. The predicted molar refractivity (Wildman–Crippen MR) is 119 cm³/mol. The Kier molecular flexibility index (Phi) is 5.81. The van der Waals surface area contributed by atoms with E-state index >= 15 is 0 Å². The van der Waals surface area contributed by atoms with Crippen molar-refractivity contribution in [3.63, 3.8) is 0 Å². The molecule has 0 aliphatic carbocycles. The molecule has 0 fully saturated rings. The number of nitriles is 1. The average Bonchev–Trinajstić information content (AvgIpc) is 3.16. The number of aryl methyl sites for hydroxylation is 3. The van der Waals surface area contributed by atoms with E-state index in [1.807, 2.05) is 55.5 Å². The SMILES string of the molecule is CCc1cccc(-n2nnn(C)c2=O)c1COc1ccc(-c2ccc(C#N)nc2)cc1C. The fraction of sp³-hybridized carbons (Fsp3) is 0.208. The van der Waals surface area contributed by atoms with Gasteiger partial charge in [0.2, 0.25) is 0 Å². The summed E-state index contributed by atoms with van der Waals surface area (Å²) in [6.45, 7) is 4.34. The van der Waals surface area contributed by atoms with Crippen LogP contribution in [0.4, 0.5) is 0 Å². The van der Waals surface area contributed by atoms with Gasteiger partial charge in [-0.1, -0.05) is 25.1 Å². The van der Waals surface area contributed by atoms with Gasteiger partial charge in [-0.2, -0.15) is 14.6 Å². The minimum atomic E-state index is -0.309. The molecule has 0 radical (unpaired) electrons. The molecule has 4 aromatic rings. The Morgan fingerprint density at radius 1 is 1.09 bits per heavy atom. The lowest BCUT2D eigenvalue weighted by atomic mass is 10.0. The molecule has 160 valence electrons. The van der Waals surface area contributed by atoms with Gasteiger partial charge in [-0.05, 0) is 70.8 Å². The number of ether oxygens (including phenoxy) is 1. The summed E-state index contributed by atoms with van der Waals surface area (Å²) in [5.41, 5.74) is 5.62. The molecule has 8 heteroatoms. The molecule has 0 unspecified atom stereocenters. The number of tetrazole rings is 1. The molecule has 0 saturated carbocycles. The van der Waals surface area contributed by atoms with Crippen LogP contribution in [0.1, 0.15) is 29.3 Å². The second kappa shape index (κ2) is 8.86. The Morgan fingerprint density at radius 3 is 2.53 bits per heavy atom. The monoisotopic (exact) mass is 426 g/mol. The van der Waals surface area contributed by atoms with Crippen molar-refractivity contribution in [2.45, 2.75) is 26.9 Å². The zero-order valence-corrected chi connectivity index (χ0v) is 18.1. The second-order valence-corrected chi connectivity index (χ2v) is 7.38. The van der Waals surface area contributed by atoms with E-state index < -0.39 is 0 Å². The Bertz CT molecular complexity index is 1360. The highest BCUT2D eigenvalue weighted by atomic mass is 16.5. The third-order valence-electron chi connectivity index (χ3n) is 5.34. The largest absolute Gasteiger partial charge is 0.489 e. The number of nitrogens with zero attached hydrogens (tertiary/aromatic N) is 6. The van der Waals surface area contributed by atoms with Gasteiger partial charge in [-0.15, -0.1) is 0 Å². The molecule has 4 rings (SSSR count). The van der Waals surface area contributed by atoms with Gasteiger partial charge in [0.1, 0.15) is 24.1 Å². The summed E-state index contributed by atoms with van der Waals surface area (Å²) < 4.78 is 8.67. The minimum Gasteiger partial charge on any atom is -0.489 e. The molecule has 0 aliphatic heterocycles. The van der Waals surface area contributed by atoms with Gasteiger partial charge in [0.15, 0.2) is 0 Å². The molecular weight excluding hydrogens is 404 g/mol. The highest BCUT2D eigenvalue weighted by molar-refractivity contribution is 5.65. The van der Waals surface area contributed by atoms with E-state index in [1.54, 1.807) is 19.3 Å².